The average Bonchev–Trinajstić information content (AvgIpc) is 2.69. The van der Waals surface area contributed by atoms with E-state index in [0.29, 0.717) is 17.0 Å². The van der Waals surface area contributed by atoms with Crippen LogP contribution in [0, 0.1) is 12.8 Å². The summed E-state index contributed by atoms with van der Waals surface area (Å²) in [5.41, 5.74) is 0.522. The summed E-state index contributed by atoms with van der Waals surface area (Å²) in [5, 5.41) is 12.7. The lowest BCUT2D eigenvalue weighted by molar-refractivity contribution is -0.139. The quantitative estimate of drug-likeness (QED) is 0.876. The Hall–Kier alpha value is -1.43. The van der Waals surface area contributed by atoms with Crippen LogP contribution in [-0.4, -0.2) is 28.0 Å². The Kier molecular flexibility index (Phi) is 5.50. The predicted octanol–water partition coefficient (Wildman–Crippen LogP) is 2.98. The molecule has 0 aliphatic carbocycles. The van der Waals surface area contributed by atoms with Crippen LogP contribution in [-0.2, 0) is 10.2 Å². The van der Waals surface area contributed by atoms with E-state index in [2.05, 4.69) is 10.3 Å². The first-order valence-corrected chi connectivity index (χ1v) is 7.85. The molecule has 1 unspecified atom stereocenters. The number of hydrogen-bond donors (Lipinski definition) is 2. The third-order valence-electron chi connectivity index (χ3n) is 2.95. The molecule has 21 heavy (non-hydrogen) atoms. The molecule has 0 radical (unpaired) electrons. The van der Waals surface area contributed by atoms with Crippen molar-refractivity contribution >= 4 is 23.2 Å². The molecule has 0 fully saturated rings. The van der Waals surface area contributed by atoms with Crippen LogP contribution in [0.15, 0.2) is 0 Å². The van der Waals surface area contributed by atoms with Crippen molar-refractivity contribution in [1.29, 1.82) is 0 Å². The van der Waals surface area contributed by atoms with E-state index in [1.807, 2.05) is 34.6 Å². The molecule has 2 N–H and O–H groups in total. The number of carboxylic acid groups (broad SMARTS) is 1. The van der Waals surface area contributed by atoms with Crippen LogP contribution in [0.5, 0.6) is 0 Å². The summed E-state index contributed by atoms with van der Waals surface area (Å²) >= 11 is 1.33. The van der Waals surface area contributed by atoms with E-state index in [0.717, 1.165) is 5.01 Å². The Morgan fingerprint density at radius 2 is 1.90 bits per heavy atom. The number of aromatic nitrogens is 1. The van der Waals surface area contributed by atoms with Gasteiger partial charge in [0.2, 0.25) is 0 Å². The maximum absolute atomic E-state index is 12.3. The van der Waals surface area contributed by atoms with Crippen LogP contribution >= 0.6 is 11.3 Å². The van der Waals surface area contributed by atoms with Gasteiger partial charge in [-0.2, -0.15) is 0 Å². The predicted molar refractivity (Wildman–Crippen MR) is 83.9 cm³/mol. The molecule has 1 aromatic heterocycles. The third kappa shape index (κ3) is 4.81. The van der Waals surface area contributed by atoms with Crippen LogP contribution in [0.1, 0.15) is 61.4 Å². The van der Waals surface area contributed by atoms with Crippen molar-refractivity contribution in [2.24, 2.45) is 5.92 Å². The number of carbonyl (C=O) groups excluding carboxylic acids is 1. The molecule has 5 nitrogen and oxygen atoms in total. The van der Waals surface area contributed by atoms with Crippen LogP contribution in [0.3, 0.4) is 0 Å². The molecule has 6 heteroatoms. The zero-order valence-corrected chi connectivity index (χ0v) is 14.3. The van der Waals surface area contributed by atoms with Gasteiger partial charge in [-0.15, -0.1) is 11.3 Å². The third-order valence-corrected chi connectivity index (χ3v) is 4.54. The van der Waals surface area contributed by atoms with E-state index >= 15 is 0 Å². The molecule has 0 aromatic carbocycles. The van der Waals surface area contributed by atoms with Gasteiger partial charge in [-0.25, -0.2) is 9.78 Å². The fourth-order valence-electron chi connectivity index (χ4n) is 1.84. The molecule has 1 aromatic rings. The minimum atomic E-state index is -1.00. The number of hydrogen-bond acceptors (Lipinski definition) is 4. The number of thiazole rings is 1. The molecule has 0 aliphatic heterocycles. The molecule has 0 spiro atoms. The summed E-state index contributed by atoms with van der Waals surface area (Å²) in [5.74, 6) is -1.16. The van der Waals surface area contributed by atoms with Gasteiger partial charge in [-0.05, 0) is 19.3 Å². The summed E-state index contributed by atoms with van der Waals surface area (Å²) in [6.45, 7) is 11.7. The molecule has 0 saturated carbocycles. The second kappa shape index (κ2) is 6.56. The fraction of sp³-hybridized carbons (Fsp3) is 0.667. The maximum atomic E-state index is 12.3. The van der Waals surface area contributed by atoms with E-state index in [9.17, 15) is 14.7 Å². The monoisotopic (exact) mass is 312 g/mol. The van der Waals surface area contributed by atoms with Crippen molar-refractivity contribution in [1.82, 2.24) is 10.3 Å². The van der Waals surface area contributed by atoms with Gasteiger partial charge < -0.3 is 10.4 Å². The molecule has 1 rings (SSSR count). The van der Waals surface area contributed by atoms with Crippen molar-refractivity contribution in [2.45, 2.75) is 59.4 Å². The highest BCUT2D eigenvalue weighted by atomic mass is 32.1. The van der Waals surface area contributed by atoms with Gasteiger partial charge in [-0.1, -0.05) is 34.6 Å². The standard InChI is InChI=1S/C15H24N2O3S/c1-8(2)7-10(13(19)20)17-12(18)11-9(3)16-14(21-11)15(4,5)6/h8,10H,7H2,1-6H3,(H,17,18)(H,19,20). The van der Waals surface area contributed by atoms with E-state index < -0.39 is 12.0 Å². The fourth-order valence-corrected chi connectivity index (χ4v) is 2.87. The number of carboxylic acids is 1. The van der Waals surface area contributed by atoms with Gasteiger partial charge in [0.1, 0.15) is 10.9 Å². The Labute approximate surface area is 129 Å². The number of amides is 1. The van der Waals surface area contributed by atoms with Crippen LogP contribution in [0.25, 0.3) is 0 Å². The van der Waals surface area contributed by atoms with Crippen molar-refractivity contribution < 1.29 is 14.7 Å². The molecular formula is C15H24N2O3S. The molecule has 0 bridgehead atoms. The summed E-state index contributed by atoms with van der Waals surface area (Å²) in [6.07, 6.45) is 0.408. The number of nitrogens with zero attached hydrogens (tertiary/aromatic N) is 1. The normalized spacial score (nSPS) is 13.3. The summed E-state index contributed by atoms with van der Waals surface area (Å²) < 4.78 is 0. The van der Waals surface area contributed by atoms with Crippen molar-refractivity contribution in [2.75, 3.05) is 0 Å². The van der Waals surface area contributed by atoms with Gasteiger partial charge in [0.25, 0.3) is 5.91 Å². The van der Waals surface area contributed by atoms with Crippen molar-refractivity contribution in [3.63, 3.8) is 0 Å². The van der Waals surface area contributed by atoms with Gasteiger partial charge >= 0.3 is 5.97 Å². The van der Waals surface area contributed by atoms with E-state index in [1.165, 1.54) is 11.3 Å². The first kappa shape index (κ1) is 17.6. The summed E-state index contributed by atoms with van der Waals surface area (Å²) in [6, 6.07) is -0.864. The Balaban J connectivity index is 2.93. The molecule has 1 atom stereocenters. The van der Waals surface area contributed by atoms with Crippen molar-refractivity contribution in [3.8, 4) is 0 Å². The first-order valence-electron chi connectivity index (χ1n) is 7.04. The Morgan fingerprint density at radius 3 is 2.29 bits per heavy atom. The van der Waals surface area contributed by atoms with Crippen LogP contribution < -0.4 is 5.32 Å². The number of carbonyl (C=O) groups is 2. The summed E-state index contributed by atoms with van der Waals surface area (Å²) in [7, 11) is 0. The topological polar surface area (TPSA) is 79.3 Å². The minimum absolute atomic E-state index is 0.127. The highest BCUT2D eigenvalue weighted by molar-refractivity contribution is 7.14. The second-order valence-corrected chi connectivity index (χ2v) is 7.68. The molecule has 1 amide bonds. The molecular weight excluding hydrogens is 288 g/mol. The molecule has 0 saturated heterocycles. The largest absolute Gasteiger partial charge is 0.480 e. The zero-order chi connectivity index (χ0) is 16.4. The van der Waals surface area contributed by atoms with E-state index in [1.54, 1.807) is 6.92 Å². The number of rotatable bonds is 5. The van der Waals surface area contributed by atoms with E-state index in [-0.39, 0.29) is 17.2 Å². The maximum Gasteiger partial charge on any atom is 0.326 e. The number of aliphatic carboxylic acids is 1. The first-order chi connectivity index (χ1) is 9.52. The lowest BCUT2D eigenvalue weighted by Crippen LogP contribution is -2.41. The van der Waals surface area contributed by atoms with Crippen LogP contribution in [0.2, 0.25) is 0 Å². The Morgan fingerprint density at radius 1 is 1.33 bits per heavy atom. The zero-order valence-electron chi connectivity index (χ0n) is 13.5. The SMILES string of the molecule is Cc1nc(C(C)(C)C)sc1C(=O)NC(CC(C)C)C(=O)O. The molecule has 1 heterocycles. The highest BCUT2D eigenvalue weighted by Crippen LogP contribution is 2.29. The lowest BCUT2D eigenvalue weighted by Gasteiger charge is -2.16. The minimum Gasteiger partial charge on any atom is -0.480 e. The summed E-state index contributed by atoms with van der Waals surface area (Å²) in [4.78, 5) is 28.4. The second-order valence-electron chi connectivity index (χ2n) is 6.68. The molecule has 0 aliphatic rings. The number of nitrogens with one attached hydrogen (secondary N) is 1. The highest BCUT2D eigenvalue weighted by Gasteiger charge is 2.26. The van der Waals surface area contributed by atoms with Gasteiger partial charge in [0.15, 0.2) is 0 Å². The number of aryl methyl sites for hydroxylation is 1. The lowest BCUT2D eigenvalue weighted by atomic mass is 9.98. The van der Waals surface area contributed by atoms with E-state index in [4.69, 9.17) is 0 Å². The Bertz CT molecular complexity index is 530. The van der Waals surface area contributed by atoms with Crippen molar-refractivity contribution in [3.05, 3.63) is 15.6 Å². The smallest absolute Gasteiger partial charge is 0.326 e. The average molecular weight is 312 g/mol. The molecule has 118 valence electrons. The van der Waals surface area contributed by atoms with Gasteiger partial charge in [0.05, 0.1) is 10.7 Å². The van der Waals surface area contributed by atoms with Crippen LogP contribution in [0.4, 0.5) is 0 Å². The van der Waals surface area contributed by atoms with Gasteiger partial charge in [0, 0.05) is 5.41 Å². The van der Waals surface area contributed by atoms with Gasteiger partial charge in [-0.3, -0.25) is 4.79 Å².